The van der Waals surface area contributed by atoms with Gasteiger partial charge in [0.25, 0.3) is 0 Å². The van der Waals surface area contributed by atoms with Gasteiger partial charge in [-0.15, -0.1) is 0 Å². The molecule has 0 aromatic heterocycles. The fourth-order valence-corrected chi connectivity index (χ4v) is 2.42. The molecule has 0 aromatic rings. The van der Waals surface area contributed by atoms with Gasteiger partial charge in [0.1, 0.15) is 0 Å². The molecule has 3 heteroatoms. The van der Waals surface area contributed by atoms with Crippen LogP contribution in [0.3, 0.4) is 0 Å². The summed E-state index contributed by atoms with van der Waals surface area (Å²) in [6, 6.07) is 0.663. The fraction of sp³-hybridized carbons (Fsp3) is 1.00. The monoisotopic (exact) mass is 242 g/mol. The molecular weight excluding hydrogens is 212 g/mol. The van der Waals surface area contributed by atoms with E-state index in [1.54, 1.807) is 0 Å². The Morgan fingerprint density at radius 3 is 2.71 bits per heavy atom. The van der Waals surface area contributed by atoms with Crippen LogP contribution in [0, 0.1) is 5.92 Å². The molecule has 1 saturated heterocycles. The number of hydrogen-bond donors (Lipinski definition) is 1. The second-order valence-electron chi connectivity index (χ2n) is 5.85. The van der Waals surface area contributed by atoms with Crippen LogP contribution in [0.2, 0.25) is 0 Å². The van der Waals surface area contributed by atoms with Crippen molar-refractivity contribution in [1.82, 2.24) is 10.2 Å². The van der Waals surface area contributed by atoms with E-state index in [-0.39, 0.29) is 0 Å². The Balaban J connectivity index is 2.27. The van der Waals surface area contributed by atoms with Crippen molar-refractivity contribution in [1.29, 1.82) is 0 Å². The van der Waals surface area contributed by atoms with Crippen LogP contribution in [0.25, 0.3) is 0 Å². The van der Waals surface area contributed by atoms with Gasteiger partial charge in [0.2, 0.25) is 0 Å². The van der Waals surface area contributed by atoms with Crippen LogP contribution in [0.5, 0.6) is 0 Å². The third kappa shape index (κ3) is 7.02. The minimum Gasteiger partial charge on any atom is -0.377 e. The number of nitrogens with zero attached hydrogens (tertiary/aromatic N) is 1. The largest absolute Gasteiger partial charge is 0.377 e. The molecule has 0 aliphatic carbocycles. The van der Waals surface area contributed by atoms with E-state index in [9.17, 15) is 0 Å². The van der Waals surface area contributed by atoms with Crippen molar-refractivity contribution in [3.63, 3.8) is 0 Å². The van der Waals surface area contributed by atoms with Crippen molar-refractivity contribution in [3.05, 3.63) is 0 Å². The maximum atomic E-state index is 5.64. The van der Waals surface area contributed by atoms with Crippen LogP contribution in [0.4, 0.5) is 0 Å². The second kappa shape index (κ2) is 8.06. The highest BCUT2D eigenvalue weighted by Crippen LogP contribution is 2.09. The second-order valence-corrected chi connectivity index (χ2v) is 5.85. The molecule has 3 nitrogen and oxygen atoms in total. The van der Waals surface area contributed by atoms with Crippen molar-refractivity contribution < 1.29 is 4.74 Å². The molecule has 1 atom stereocenters. The Bertz CT molecular complexity index is 195. The molecular formula is C14H30N2O. The molecule has 102 valence electrons. The summed E-state index contributed by atoms with van der Waals surface area (Å²) < 4.78 is 5.64. The molecule has 1 aliphatic heterocycles. The van der Waals surface area contributed by atoms with E-state index in [1.807, 2.05) is 0 Å². The van der Waals surface area contributed by atoms with Gasteiger partial charge >= 0.3 is 0 Å². The zero-order valence-electron chi connectivity index (χ0n) is 12.0. The first-order valence-corrected chi connectivity index (χ1v) is 7.15. The molecule has 0 amide bonds. The van der Waals surface area contributed by atoms with Gasteiger partial charge < -0.3 is 10.1 Å². The normalized spacial score (nSPS) is 23.3. The molecule has 0 aromatic carbocycles. The molecule has 0 saturated carbocycles. The van der Waals surface area contributed by atoms with E-state index >= 15 is 0 Å². The maximum absolute atomic E-state index is 5.64. The van der Waals surface area contributed by atoms with Gasteiger partial charge in [0, 0.05) is 19.1 Å². The van der Waals surface area contributed by atoms with Gasteiger partial charge in [-0.25, -0.2) is 0 Å². The van der Waals surface area contributed by atoms with Gasteiger partial charge in [0.05, 0.1) is 12.7 Å². The zero-order chi connectivity index (χ0) is 12.7. The maximum Gasteiger partial charge on any atom is 0.0596 e. The SMILES string of the molecule is CC(C)CC1CN(CCOC(C)C)CCCN1. The summed E-state index contributed by atoms with van der Waals surface area (Å²) in [6.45, 7) is 14.3. The van der Waals surface area contributed by atoms with E-state index in [2.05, 4.69) is 37.9 Å². The summed E-state index contributed by atoms with van der Waals surface area (Å²) in [5.41, 5.74) is 0. The van der Waals surface area contributed by atoms with Crippen LogP contribution in [-0.4, -0.2) is 49.8 Å². The number of ether oxygens (including phenoxy) is 1. The van der Waals surface area contributed by atoms with E-state index < -0.39 is 0 Å². The standard InChI is InChI=1S/C14H30N2O/c1-12(2)10-14-11-16(7-5-6-15-14)8-9-17-13(3)4/h12-15H,5-11H2,1-4H3. The topological polar surface area (TPSA) is 24.5 Å². The fourth-order valence-electron chi connectivity index (χ4n) is 2.42. The summed E-state index contributed by atoms with van der Waals surface area (Å²) in [4.78, 5) is 2.55. The molecule has 1 unspecified atom stereocenters. The van der Waals surface area contributed by atoms with Crippen molar-refractivity contribution >= 4 is 0 Å². The Hall–Kier alpha value is -0.120. The molecule has 0 spiro atoms. The average molecular weight is 242 g/mol. The highest BCUT2D eigenvalue weighted by molar-refractivity contribution is 4.77. The lowest BCUT2D eigenvalue weighted by Crippen LogP contribution is -2.39. The highest BCUT2D eigenvalue weighted by atomic mass is 16.5. The molecule has 17 heavy (non-hydrogen) atoms. The third-order valence-electron chi connectivity index (χ3n) is 3.18. The number of hydrogen-bond acceptors (Lipinski definition) is 3. The molecule has 1 heterocycles. The third-order valence-corrected chi connectivity index (χ3v) is 3.18. The van der Waals surface area contributed by atoms with Crippen molar-refractivity contribution in [2.24, 2.45) is 5.92 Å². The molecule has 0 radical (unpaired) electrons. The van der Waals surface area contributed by atoms with E-state index in [0.29, 0.717) is 12.1 Å². The lowest BCUT2D eigenvalue weighted by molar-refractivity contribution is 0.0583. The van der Waals surface area contributed by atoms with E-state index in [0.717, 1.165) is 19.1 Å². The molecule has 1 N–H and O–H groups in total. The summed E-state index contributed by atoms with van der Waals surface area (Å²) in [5.74, 6) is 0.777. The average Bonchev–Trinajstić information content (AvgIpc) is 2.42. The minimum absolute atomic E-state index is 0.353. The smallest absolute Gasteiger partial charge is 0.0596 e. The van der Waals surface area contributed by atoms with Gasteiger partial charge in [-0.1, -0.05) is 13.8 Å². The van der Waals surface area contributed by atoms with Crippen molar-refractivity contribution in [3.8, 4) is 0 Å². The highest BCUT2D eigenvalue weighted by Gasteiger charge is 2.18. The number of nitrogens with one attached hydrogen (secondary N) is 1. The first-order valence-electron chi connectivity index (χ1n) is 7.15. The van der Waals surface area contributed by atoms with Crippen LogP contribution in [0.1, 0.15) is 40.5 Å². The van der Waals surface area contributed by atoms with Crippen molar-refractivity contribution in [2.45, 2.75) is 52.7 Å². The molecule has 1 fully saturated rings. The zero-order valence-corrected chi connectivity index (χ0v) is 12.0. The lowest BCUT2D eigenvalue weighted by Gasteiger charge is -2.25. The minimum atomic E-state index is 0.353. The Morgan fingerprint density at radius 1 is 1.29 bits per heavy atom. The van der Waals surface area contributed by atoms with E-state index in [4.69, 9.17) is 4.74 Å². The first kappa shape index (κ1) is 14.9. The Kier molecular flexibility index (Phi) is 7.09. The molecule has 0 bridgehead atoms. The summed E-state index contributed by atoms with van der Waals surface area (Å²) in [5, 5.41) is 3.66. The molecule has 1 rings (SSSR count). The quantitative estimate of drug-likeness (QED) is 0.772. The van der Waals surface area contributed by atoms with Crippen LogP contribution in [-0.2, 0) is 4.74 Å². The first-order chi connectivity index (χ1) is 8.08. The van der Waals surface area contributed by atoms with Gasteiger partial charge in [-0.05, 0) is 45.7 Å². The predicted molar refractivity (Wildman–Crippen MR) is 73.4 cm³/mol. The summed E-state index contributed by atoms with van der Waals surface area (Å²) >= 11 is 0. The number of rotatable bonds is 6. The van der Waals surface area contributed by atoms with Gasteiger partial charge in [-0.3, -0.25) is 4.90 Å². The lowest BCUT2D eigenvalue weighted by atomic mass is 10.0. The van der Waals surface area contributed by atoms with Crippen LogP contribution >= 0.6 is 0 Å². The Labute approximate surface area is 107 Å². The van der Waals surface area contributed by atoms with Crippen LogP contribution in [0.15, 0.2) is 0 Å². The van der Waals surface area contributed by atoms with Crippen LogP contribution < -0.4 is 5.32 Å². The predicted octanol–water partition coefficient (Wildman–Crippen LogP) is 2.12. The summed E-state index contributed by atoms with van der Waals surface area (Å²) in [6.07, 6.45) is 2.89. The Morgan fingerprint density at radius 2 is 2.06 bits per heavy atom. The van der Waals surface area contributed by atoms with E-state index in [1.165, 1.54) is 32.5 Å². The van der Waals surface area contributed by atoms with Crippen molar-refractivity contribution in [2.75, 3.05) is 32.8 Å². The molecule has 1 aliphatic rings. The van der Waals surface area contributed by atoms with Gasteiger partial charge in [0.15, 0.2) is 0 Å². The summed E-state index contributed by atoms with van der Waals surface area (Å²) in [7, 11) is 0. The van der Waals surface area contributed by atoms with Gasteiger partial charge in [-0.2, -0.15) is 0 Å².